The summed E-state index contributed by atoms with van der Waals surface area (Å²) in [5.74, 6) is -2.30. The van der Waals surface area contributed by atoms with Crippen molar-refractivity contribution in [1.29, 1.82) is 0 Å². The number of carboxylic acid groups (broad SMARTS) is 2. The number of aromatic carboxylic acids is 2. The number of phenolic OH excluding ortho intramolecular Hbond substituents is 1. The zero-order valence-corrected chi connectivity index (χ0v) is 70.1. The summed E-state index contributed by atoms with van der Waals surface area (Å²) >= 11 is 49.3. The van der Waals surface area contributed by atoms with Crippen molar-refractivity contribution in [2.45, 2.75) is 76.8 Å². The number of carbonyl (C=O) groups is 5. The van der Waals surface area contributed by atoms with Crippen molar-refractivity contribution in [2.24, 2.45) is 10.7 Å². The molecule has 118 heavy (non-hydrogen) atoms. The molecule has 1 amide bonds. The van der Waals surface area contributed by atoms with Gasteiger partial charge in [0, 0.05) is 96.0 Å². The number of halogens is 16. The lowest BCUT2D eigenvalue weighted by Crippen LogP contribution is -2.29. The van der Waals surface area contributed by atoms with E-state index in [0.717, 1.165) is 80.6 Å². The standard InChI is InChI=1S/C18H22ClFN2O2.C13H14Cl2FNO2.C13H15Cl2FO3.C10H9Cl2FO2.C10H11ClFNO2.C10H10ClFO3.C7H5FO3/c19-7-4-10-23-15-5-6-16(17(20)11-15)18-21-14(13-24-18)12-22-8-2-1-3-9-22;14-4-1-5-18-10-2-3-11(12(16)6-10)13-17-9(7-15)8-19-13;14-5-1-7-18-10-3-4-11(12(16)9-10)13(17)19-8-2-6-15;11-4-1-5-15-7-2-3-8(10(12)14)9(13)6-7;2*11-4-1-5-15-7-2-3-8(10(13)14)9(12)6-7;8-6-3-4(9)1-2-5(6)7(10)11/h5-6,11,13H,1-4,7-10,12H2;2-3,6,9H,1,4-5,7-8H2;3-4,9H,1-2,5-8H2;2-3,6H,1,4-5H2;2-3,6H,1,4-5H2,(H2,13,14);2-3,6H,1,4-5H2,(H,13,14);1-3,9H,(H,10,11). The van der Waals surface area contributed by atoms with Gasteiger partial charge in [-0.1, -0.05) is 6.42 Å². The summed E-state index contributed by atoms with van der Waals surface area (Å²) in [6, 6.07) is 27.6. The van der Waals surface area contributed by atoms with Crippen LogP contribution in [0.15, 0.2) is 143 Å². The Bertz CT molecular complexity index is 4260. The van der Waals surface area contributed by atoms with E-state index in [0.29, 0.717) is 183 Å². The molecule has 2 aliphatic heterocycles. The van der Waals surface area contributed by atoms with E-state index in [-0.39, 0.29) is 40.7 Å². The molecule has 3 heterocycles. The number of rotatable bonds is 37. The number of aliphatic imine (C=N–C) groups is 1. The van der Waals surface area contributed by atoms with Gasteiger partial charge in [-0.2, -0.15) is 0 Å². The fraction of sp³-hybridized carbons (Fsp3) is 0.370. The Hall–Kier alpha value is -8.55. The largest absolute Gasteiger partial charge is 0.508 e. The number of carboxylic acids is 2. The summed E-state index contributed by atoms with van der Waals surface area (Å²) in [5.41, 5.74) is 5.27. The van der Waals surface area contributed by atoms with Crippen LogP contribution >= 0.6 is 104 Å². The van der Waals surface area contributed by atoms with Gasteiger partial charge in [-0.05, 0) is 167 Å². The number of aromatic hydroxyl groups is 1. The third-order valence-corrected chi connectivity index (χ3v) is 17.7. The lowest BCUT2D eigenvalue weighted by Gasteiger charge is -2.25. The maximum atomic E-state index is 14.3. The first-order valence-corrected chi connectivity index (χ1v) is 40.9. The van der Waals surface area contributed by atoms with Crippen molar-refractivity contribution >= 4 is 139 Å². The molecule has 1 unspecified atom stereocenters. The number of oxazole rings is 1. The van der Waals surface area contributed by atoms with Gasteiger partial charge in [-0.25, -0.2) is 55.1 Å². The Labute approximate surface area is 722 Å². The number of phenols is 1. The fourth-order valence-corrected chi connectivity index (χ4v) is 10.6. The summed E-state index contributed by atoms with van der Waals surface area (Å²) in [7, 11) is 0. The molecule has 7 aromatic carbocycles. The van der Waals surface area contributed by atoms with Crippen LogP contribution in [0.4, 0.5) is 30.7 Å². The number of hydrogen-bond acceptors (Lipinski definition) is 18. The number of amides is 1. The Balaban J connectivity index is 0.000000293. The van der Waals surface area contributed by atoms with Gasteiger partial charge in [-0.3, -0.25) is 14.5 Å². The Morgan fingerprint density at radius 2 is 0.805 bits per heavy atom. The molecule has 8 aromatic rings. The van der Waals surface area contributed by atoms with Crippen molar-refractivity contribution in [3.8, 4) is 51.7 Å². The number of nitrogens with two attached hydrogens (primary N) is 1. The molecule has 0 bridgehead atoms. The van der Waals surface area contributed by atoms with E-state index in [9.17, 15) is 54.7 Å². The van der Waals surface area contributed by atoms with Gasteiger partial charge in [0.2, 0.25) is 11.8 Å². The van der Waals surface area contributed by atoms with E-state index in [1.165, 1.54) is 79.9 Å². The topological polar surface area (TPSA) is 288 Å². The molecule has 0 spiro atoms. The van der Waals surface area contributed by atoms with Crippen LogP contribution in [0.25, 0.3) is 11.5 Å². The number of primary amides is 1. The Morgan fingerprint density at radius 3 is 1.16 bits per heavy atom. The van der Waals surface area contributed by atoms with Gasteiger partial charge in [0.05, 0.1) is 90.9 Å². The highest BCUT2D eigenvalue weighted by molar-refractivity contribution is 6.67. The lowest BCUT2D eigenvalue weighted by molar-refractivity contribution is 0.0499. The number of hydrogen-bond donors (Lipinski definition) is 4. The minimum atomic E-state index is -1.34. The van der Waals surface area contributed by atoms with Gasteiger partial charge in [-0.15, -0.1) is 92.8 Å². The number of benzene rings is 7. The van der Waals surface area contributed by atoms with Crippen molar-refractivity contribution in [3.05, 3.63) is 213 Å². The third-order valence-electron chi connectivity index (χ3n) is 15.3. The average Bonchev–Trinajstić information content (AvgIpc) is 1.65. The van der Waals surface area contributed by atoms with Crippen LogP contribution in [0.5, 0.6) is 40.2 Å². The monoisotopic (exact) mass is 1830 g/mol. The highest BCUT2D eigenvalue weighted by Crippen LogP contribution is 2.29. The first-order chi connectivity index (χ1) is 56.7. The molecular formula is C81H86Cl9F7N4O17. The smallest absolute Gasteiger partial charge is 0.341 e. The minimum Gasteiger partial charge on any atom is -0.508 e. The molecule has 0 radical (unpaired) electrons. The number of carbonyl (C=O) groups excluding carboxylic acids is 3. The quantitative estimate of drug-likeness (QED) is 0.00925. The molecule has 5 N–H and O–H groups in total. The zero-order chi connectivity index (χ0) is 86.7. The highest BCUT2D eigenvalue weighted by Gasteiger charge is 2.23. The van der Waals surface area contributed by atoms with E-state index < -0.39 is 75.3 Å². The Kier molecular flexibility index (Phi) is 50.4. The molecule has 21 nitrogen and oxygen atoms in total. The molecule has 0 aliphatic carbocycles. The zero-order valence-electron chi connectivity index (χ0n) is 63.3. The number of piperidine rings is 1. The minimum absolute atomic E-state index is 0.101. The summed E-state index contributed by atoms with van der Waals surface area (Å²) in [4.78, 5) is 64.7. The molecule has 0 saturated carbocycles. The summed E-state index contributed by atoms with van der Waals surface area (Å²) in [5, 5.41) is 24.8. The molecule has 2 aliphatic rings. The lowest BCUT2D eigenvalue weighted by atomic mass is 10.1. The van der Waals surface area contributed by atoms with Crippen LogP contribution in [0, 0.1) is 40.7 Å². The number of likely N-dealkylation sites (tertiary alicyclic amines) is 1. The predicted molar refractivity (Wildman–Crippen MR) is 441 cm³/mol. The van der Waals surface area contributed by atoms with E-state index in [1.54, 1.807) is 30.5 Å². The van der Waals surface area contributed by atoms with Crippen LogP contribution in [0.2, 0.25) is 0 Å². The molecule has 1 saturated heterocycles. The molecule has 37 heteroatoms. The van der Waals surface area contributed by atoms with Gasteiger partial charge in [0.25, 0.3) is 11.1 Å². The fourth-order valence-electron chi connectivity index (χ4n) is 9.49. The second kappa shape index (κ2) is 58.4. The van der Waals surface area contributed by atoms with E-state index in [4.69, 9.17) is 168 Å². The Morgan fingerprint density at radius 1 is 0.449 bits per heavy atom. The second-order valence-corrected chi connectivity index (χ2v) is 27.6. The maximum absolute atomic E-state index is 14.3. The normalized spacial score (nSPS) is 12.4. The molecular weight excluding hydrogens is 1750 g/mol. The molecule has 644 valence electrons. The van der Waals surface area contributed by atoms with Gasteiger partial charge < -0.3 is 63.4 Å². The van der Waals surface area contributed by atoms with Crippen LogP contribution in [0.1, 0.15) is 127 Å². The van der Waals surface area contributed by atoms with Crippen LogP contribution < -0.4 is 34.2 Å². The van der Waals surface area contributed by atoms with Crippen LogP contribution in [-0.4, -0.2) is 179 Å². The highest BCUT2D eigenvalue weighted by atomic mass is 35.5. The first-order valence-electron chi connectivity index (χ1n) is 36.3. The van der Waals surface area contributed by atoms with E-state index in [1.807, 2.05) is 0 Å². The number of nitrogens with zero attached hydrogens (tertiary/aromatic N) is 3. The van der Waals surface area contributed by atoms with Gasteiger partial charge in [0.1, 0.15) is 99.9 Å². The van der Waals surface area contributed by atoms with Crippen molar-refractivity contribution < 1.29 is 112 Å². The number of ether oxygens (including phenoxy) is 8. The molecule has 1 atom stereocenters. The van der Waals surface area contributed by atoms with E-state index >= 15 is 0 Å². The first kappa shape index (κ1) is 102. The molecule has 1 fully saturated rings. The summed E-state index contributed by atoms with van der Waals surface area (Å²) in [6.45, 7) is 6.06. The number of alkyl halides is 8. The van der Waals surface area contributed by atoms with Crippen LogP contribution in [-0.2, 0) is 16.0 Å². The summed E-state index contributed by atoms with van der Waals surface area (Å²) < 4.78 is 141. The average molecular weight is 1840 g/mol. The molecule has 1 aromatic heterocycles. The number of aromatic nitrogens is 1. The second-order valence-electron chi connectivity index (χ2n) is 24.3. The van der Waals surface area contributed by atoms with Gasteiger partial charge >= 0.3 is 17.9 Å². The molecule has 10 rings (SSSR count). The predicted octanol–water partition coefficient (Wildman–Crippen LogP) is 20.2. The third kappa shape index (κ3) is 38.7. The number of esters is 1. The van der Waals surface area contributed by atoms with Crippen molar-refractivity contribution in [3.63, 3.8) is 0 Å². The summed E-state index contributed by atoms with van der Waals surface area (Å²) in [6.07, 6.45) is 10.0. The SMILES string of the molecule is Fc1cc(OCCCCl)ccc1-c1nc(CN2CCCCC2)co1.Fc1cc(OCCCCl)ccc1C1=NC(CCl)CO1.NC(=O)c1ccc(OCCCCl)cc1F.O=C(Cl)c1ccc(OCCCCl)cc1F.O=C(O)c1ccc(O)cc1F.O=C(O)c1ccc(OCCCCl)cc1F.O=C(OCCCCl)c1ccc(OCCCCl)cc1F. The van der Waals surface area contributed by atoms with Crippen LogP contribution in [0.3, 0.4) is 0 Å². The maximum Gasteiger partial charge on any atom is 0.341 e. The van der Waals surface area contributed by atoms with Crippen molar-refractivity contribution in [1.82, 2.24) is 9.88 Å². The van der Waals surface area contributed by atoms with Crippen molar-refractivity contribution in [2.75, 3.05) is 113 Å². The van der Waals surface area contributed by atoms with Gasteiger partial charge in [0.15, 0.2) is 0 Å². The van der Waals surface area contributed by atoms with E-state index in [2.05, 4.69) is 14.9 Å².